The van der Waals surface area contributed by atoms with E-state index in [-0.39, 0.29) is 5.56 Å². The third-order valence-electron chi connectivity index (χ3n) is 3.64. The van der Waals surface area contributed by atoms with Crippen LogP contribution in [-0.4, -0.2) is 26.5 Å². The van der Waals surface area contributed by atoms with Crippen molar-refractivity contribution in [3.8, 4) is 0 Å². The van der Waals surface area contributed by atoms with Crippen molar-refractivity contribution >= 4 is 33.0 Å². The minimum atomic E-state index is -4.74. The highest BCUT2D eigenvalue weighted by Crippen LogP contribution is 2.28. The van der Waals surface area contributed by atoms with Crippen LogP contribution in [0.5, 0.6) is 0 Å². The van der Waals surface area contributed by atoms with Crippen LogP contribution in [0.1, 0.15) is 27.7 Å². The number of hydrogen-bond acceptors (Lipinski definition) is 4. The highest BCUT2D eigenvalue weighted by molar-refractivity contribution is 7.91. The molecule has 0 radical (unpaired) electrons. The van der Waals surface area contributed by atoms with Gasteiger partial charge in [0.05, 0.1) is 5.56 Å². The molecule has 1 amide bonds. The van der Waals surface area contributed by atoms with E-state index in [0.717, 1.165) is 6.07 Å². The third kappa shape index (κ3) is 5.05. The van der Waals surface area contributed by atoms with Crippen molar-refractivity contribution in [2.24, 2.45) is 0 Å². The molecule has 1 atom stereocenters. The lowest BCUT2D eigenvalue weighted by Gasteiger charge is -2.16. The third-order valence-corrected chi connectivity index (χ3v) is 6.71. The van der Waals surface area contributed by atoms with Gasteiger partial charge in [0, 0.05) is 10.6 Å². The van der Waals surface area contributed by atoms with Crippen molar-refractivity contribution in [3.05, 3.63) is 46.1 Å². The summed E-state index contributed by atoms with van der Waals surface area (Å²) in [5.74, 6) is -1.10. The molecule has 0 aliphatic carbocycles. The van der Waals surface area contributed by atoms with Crippen molar-refractivity contribution in [2.75, 3.05) is 5.32 Å². The van der Waals surface area contributed by atoms with E-state index in [1.807, 2.05) is 0 Å². The molecule has 1 aromatic carbocycles. The lowest BCUT2D eigenvalue weighted by molar-refractivity contribution is -0.147. The van der Waals surface area contributed by atoms with Gasteiger partial charge in [0.2, 0.25) is 0 Å². The summed E-state index contributed by atoms with van der Waals surface area (Å²) in [6.07, 6.45) is -4.74. The van der Waals surface area contributed by atoms with Crippen LogP contribution in [0.3, 0.4) is 0 Å². The molecule has 148 valence electrons. The van der Waals surface area contributed by atoms with E-state index < -0.39 is 38.2 Å². The topological polar surface area (TPSA) is 75.3 Å². The summed E-state index contributed by atoms with van der Waals surface area (Å²) in [6, 6.07) is 2.65. The minimum Gasteiger partial charge on any atom is -0.322 e. The van der Waals surface area contributed by atoms with E-state index in [4.69, 9.17) is 0 Å². The van der Waals surface area contributed by atoms with E-state index in [9.17, 15) is 30.8 Å². The number of nitrogens with one attached hydrogen (secondary N) is 2. The van der Waals surface area contributed by atoms with E-state index in [2.05, 4.69) is 5.32 Å². The van der Waals surface area contributed by atoms with Gasteiger partial charge in [-0.05, 0) is 50.6 Å². The van der Waals surface area contributed by atoms with Crippen molar-refractivity contribution in [1.29, 1.82) is 0 Å². The molecule has 11 heteroatoms. The van der Waals surface area contributed by atoms with Gasteiger partial charge in [0.1, 0.15) is 16.1 Å². The van der Waals surface area contributed by atoms with Crippen LogP contribution < -0.4 is 10.0 Å². The van der Waals surface area contributed by atoms with E-state index in [0.29, 0.717) is 34.4 Å². The number of amides is 1. The first kappa shape index (κ1) is 21.3. The monoisotopic (exact) mass is 424 g/mol. The van der Waals surface area contributed by atoms with Gasteiger partial charge in [0.25, 0.3) is 15.9 Å². The standard InChI is InChI=1S/C16H16F4N2O3S2/c1-8-6-11(4-5-13(8)17)21-15(23)12-7-14(26-9(12)2)27(24,25)22-10(3)16(18,19)20/h4-7,10,22H,1-3H3,(H,21,23). The number of hydrogen-bond donors (Lipinski definition) is 2. The fourth-order valence-electron chi connectivity index (χ4n) is 2.09. The smallest absolute Gasteiger partial charge is 0.322 e. The number of sulfonamides is 1. The van der Waals surface area contributed by atoms with Crippen LogP contribution in [0, 0.1) is 19.7 Å². The zero-order valence-electron chi connectivity index (χ0n) is 14.4. The Labute approximate surface area is 157 Å². The fourth-order valence-corrected chi connectivity index (χ4v) is 4.78. The van der Waals surface area contributed by atoms with Gasteiger partial charge in [-0.25, -0.2) is 12.8 Å². The summed E-state index contributed by atoms with van der Waals surface area (Å²) < 4.78 is 76.5. The van der Waals surface area contributed by atoms with Crippen LogP contribution >= 0.6 is 11.3 Å². The summed E-state index contributed by atoms with van der Waals surface area (Å²) in [5.41, 5.74) is 0.614. The molecule has 1 unspecified atom stereocenters. The normalized spacial score (nSPS) is 13.4. The van der Waals surface area contributed by atoms with E-state index in [1.54, 1.807) is 0 Å². The van der Waals surface area contributed by atoms with Gasteiger partial charge in [-0.2, -0.15) is 17.9 Å². The van der Waals surface area contributed by atoms with Gasteiger partial charge in [0.15, 0.2) is 0 Å². The number of anilines is 1. The summed E-state index contributed by atoms with van der Waals surface area (Å²) in [6.45, 7) is 3.67. The number of thiophene rings is 1. The highest BCUT2D eigenvalue weighted by Gasteiger charge is 2.39. The quantitative estimate of drug-likeness (QED) is 0.713. The summed E-state index contributed by atoms with van der Waals surface area (Å²) in [7, 11) is -4.44. The van der Waals surface area contributed by atoms with Gasteiger partial charge in [-0.3, -0.25) is 4.79 Å². The Kier molecular flexibility index (Phi) is 5.97. The number of alkyl halides is 3. The van der Waals surface area contributed by atoms with E-state index in [1.165, 1.54) is 36.8 Å². The van der Waals surface area contributed by atoms with Crippen LogP contribution in [0.2, 0.25) is 0 Å². The first-order chi connectivity index (χ1) is 12.3. The number of carbonyl (C=O) groups is 1. The predicted octanol–water partition coefficient (Wildman–Crippen LogP) is 3.99. The van der Waals surface area contributed by atoms with Crippen LogP contribution in [0.15, 0.2) is 28.5 Å². The molecule has 2 aromatic rings. The molecule has 2 rings (SSSR count). The van der Waals surface area contributed by atoms with E-state index >= 15 is 0 Å². The number of carbonyl (C=O) groups excluding carboxylic acids is 1. The Balaban J connectivity index is 2.24. The van der Waals surface area contributed by atoms with Crippen LogP contribution in [-0.2, 0) is 10.0 Å². The predicted molar refractivity (Wildman–Crippen MR) is 94.0 cm³/mol. The molecule has 1 heterocycles. The number of halogens is 4. The summed E-state index contributed by atoms with van der Waals surface area (Å²) in [4.78, 5) is 12.7. The lowest BCUT2D eigenvalue weighted by Crippen LogP contribution is -2.42. The second-order valence-corrected chi connectivity index (χ2v) is 9.04. The number of aryl methyl sites for hydroxylation is 2. The first-order valence-electron chi connectivity index (χ1n) is 7.58. The zero-order valence-corrected chi connectivity index (χ0v) is 16.1. The average molecular weight is 424 g/mol. The molecule has 1 aromatic heterocycles. The molecule has 0 spiro atoms. The molecule has 0 aliphatic rings. The lowest BCUT2D eigenvalue weighted by atomic mass is 10.2. The van der Waals surface area contributed by atoms with Gasteiger partial charge < -0.3 is 5.32 Å². The zero-order chi connectivity index (χ0) is 20.6. The average Bonchev–Trinajstić information content (AvgIpc) is 2.92. The van der Waals surface area contributed by atoms with Gasteiger partial charge in [-0.1, -0.05) is 0 Å². The second kappa shape index (κ2) is 7.56. The maximum atomic E-state index is 13.3. The van der Waals surface area contributed by atoms with Gasteiger partial charge >= 0.3 is 6.18 Å². The molecule has 5 nitrogen and oxygen atoms in total. The molecule has 2 N–H and O–H groups in total. The van der Waals surface area contributed by atoms with Crippen molar-refractivity contribution in [3.63, 3.8) is 0 Å². The second-order valence-electron chi connectivity index (χ2n) is 5.84. The Morgan fingerprint density at radius 3 is 2.37 bits per heavy atom. The molecule has 0 bridgehead atoms. The van der Waals surface area contributed by atoms with Gasteiger partial charge in [-0.15, -0.1) is 11.3 Å². The Hall–Kier alpha value is -1.98. The largest absolute Gasteiger partial charge is 0.404 e. The summed E-state index contributed by atoms with van der Waals surface area (Å²) in [5, 5.41) is 2.50. The number of rotatable bonds is 5. The van der Waals surface area contributed by atoms with Crippen LogP contribution in [0.25, 0.3) is 0 Å². The van der Waals surface area contributed by atoms with Crippen molar-refractivity contribution in [2.45, 2.75) is 37.2 Å². The molecule has 0 aliphatic heterocycles. The molecular weight excluding hydrogens is 408 g/mol. The van der Waals surface area contributed by atoms with Crippen molar-refractivity contribution in [1.82, 2.24) is 4.72 Å². The molecule has 27 heavy (non-hydrogen) atoms. The Morgan fingerprint density at radius 1 is 1.19 bits per heavy atom. The highest BCUT2D eigenvalue weighted by atomic mass is 32.2. The molecule has 0 saturated carbocycles. The maximum absolute atomic E-state index is 13.3. The maximum Gasteiger partial charge on any atom is 0.404 e. The Bertz CT molecular complexity index is 969. The van der Waals surface area contributed by atoms with Crippen LogP contribution in [0.4, 0.5) is 23.2 Å². The van der Waals surface area contributed by atoms with Crippen molar-refractivity contribution < 1.29 is 30.8 Å². The minimum absolute atomic E-state index is 0.00187. The summed E-state index contributed by atoms with van der Waals surface area (Å²) >= 11 is 0.680. The molecular formula is C16H16F4N2O3S2. The molecule has 0 fully saturated rings. The SMILES string of the molecule is Cc1cc(NC(=O)c2cc(S(=O)(=O)NC(C)C(F)(F)F)sc2C)ccc1F. The first-order valence-corrected chi connectivity index (χ1v) is 9.88. The molecule has 0 saturated heterocycles. The number of benzene rings is 1. The Morgan fingerprint density at radius 2 is 1.81 bits per heavy atom. The fraction of sp³-hybridized carbons (Fsp3) is 0.312.